The Bertz CT molecular complexity index is 199. The molecular formula is C13H22O2. The van der Waals surface area contributed by atoms with Crippen LogP contribution in [-0.4, -0.2) is 23.4 Å². The molecule has 86 valence electrons. The summed E-state index contributed by atoms with van der Waals surface area (Å²) in [5.74, 6) is 1.08. The Morgan fingerprint density at radius 2 is 1.40 bits per heavy atom. The quantitative estimate of drug-likeness (QED) is 0.659. The standard InChI is InChI=1S/C13H22O2/c1-3-5-11-7-13(9-14,10-15)8-12(11)6-4-2/h3-4,11-12,14-15H,1-2,5-10H2/t11-,12-/m1/s1. The summed E-state index contributed by atoms with van der Waals surface area (Å²) in [5.41, 5.74) is -0.263. The van der Waals surface area contributed by atoms with Crippen LogP contribution in [0.1, 0.15) is 25.7 Å². The van der Waals surface area contributed by atoms with E-state index < -0.39 is 0 Å². The van der Waals surface area contributed by atoms with Crippen molar-refractivity contribution in [2.75, 3.05) is 13.2 Å². The summed E-state index contributed by atoms with van der Waals surface area (Å²) in [5, 5.41) is 18.8. The highest BCUT2D eigenvalue weighted by molar-refractivity contribution is 4.97. The molecule has 15 heavy (non-hydrogen) atoms. The van der Waals surface area contributed by atoms with Gasteiger partial charge < -0.3 is 10.2 Å². The molecule has 0 unspecified atom stereocenters. The molecule has 1 rings (SSSR count). The van der Waals surface area contributed by atoms with Crippen molar-refractivity contribution >= 4 is 0 Å². The highest BCUT2D eigenvalue weighted by Gasteiger charge is 2.43. The van der Waals surface area contributed by atoms with E-state index >= 15 is 0 Å². The number of aliphatic hydroxyl groups excluding tert-OH is 2. The van der Waals surface area contributed by atoms with Crippen molar-refractivity contribution in [2.45, 2.75) is 25.7 Å². The van der Waals surface area contributed by atoms with E-state index in [1.165, 1.54) is 0 Å². The molecule has 0 aromatic heterocycles. The van der Waals surface area contributed by atoms with Gasteiger partial charge in [0.15, 0.2) is 0 Å². The van der Waals surface area contributed by atoms with E-state index in [1.807, 2.05) is 12.2 Å². The van der Waals surface area contributed by atoms with Gasteiger partial charge in [-0.25, -0.2) is 0 Å². The lowest BCUT2D eigenvalue weighted by atomic mass is 9.86. The van der Waals surface area contributed by atoms with Crippen LogP contribution in [0.2, 0.25) is 0 Å². The summed E-state index contributed by atoms with van der Waals surface area (Å²) < 4.78 is 0. The maximum atomic E-state index is 9.38. The molecule has 0 spiro atoms. The van der Waals surface area contributed by atoms with Gasteiger partial charge in [-0.15, -0.1) is 13.2 Å². The lowest BCUT2D eigenvalue weighted by molar-refractivity contribution is 0.0551. The van der Waals surface area contributed by atoms with Gasteiger partial charge in [-0.2, -0.15) is 0 Å². The number of hydrogen-bond donors (Lipinski definition) is 2. The smallest absolute Gasteiger partial charge is 0.0509 e. The van der Waals surface area contributed by atoms with Gasteiger partial charge in [0.2, 0.25) is 0 Å². The van der Waals surface area contributed by atoms with Crippen molar-refractivity contribution in [3.8, 4) is 0 Å². The summed E-state index contributed by atoms with van der Waals surface area (Å²) in [6.45, 7) is 7.71. The Kier molecular flexibility index (Phi) is 4.55. The largest absolute Gasteiger partial charge is 0.396 e. The third kappa shape index (κ3) is 2.70. The monoisotopic (exact) mass is 210 g/mol. The van der Waals surface area contributed by atoms with Crippen LogP contribution in [0.4, 0.5) is 0 Å². The molecule has 1 aliphatic carbocycles. The fourth-order valence-electron chi connectivity index (χ4n) is 2.82. The normalized spacial score (nSPS) is 28.9. The predicted molar refractivity (Wildman–Crippen MR) is 62.4 cm³/mol. The molecule has 2 nitrogen and oxygen atoms in total. The first-order chi connectivity index (χ1) is 7.21. The second-order valence-corrected chi connectivity index (χ2v) is 4.79. The van der Waals surface area contributed by atoms with Gasteiger partial charge in [-0.3, -0.25) is 0 Å². The number of allylic oxidation sites excluding steroid dienone is 2. The van der Waals surface area contributed by atoms with Crippen LogP contribution < -0.4 is 0 Å². The average Bonchev–Trinajstić information content (AvgIpc) is 2.59. The van der Waals surface area contributed by atoms with E-state index in [2.05, 4.69) is 13.2 Å². The first-order valence-electron chi connectivity index (χ1n) is 5.65. The molecule has 0 aromatic carbocycles. The third-order valence-corrected chi connectivity index (χ3v) is 3.67. The fourth-order valence-corrected chi connectivity index (χ4v) is 2.82. The second kappa shape index (κ2) is 5.47. The third-order valence-electron chi connectivity index (χ3n) is 3.67. The molecule has 1 fully saturated rings. The summed E-state index contributed by atoms with van der Waals surface area (Å²) in [6.07, 6.45) is 7.63. The van der Waals surface area contributed by atoms with Crippen LogP contribution in [0.3, 0.4) is 0 Å². The molecule has 1 saturated carbocycles. The van der Waals surface area contributed by atoms with Crippen molar-refractivity contribution in [3.05, 3.63) is 25.3 Å². The zero-order valence-corrected chi connectivity index (χ0v) is 9.36. The first kappa shape index (κ1) is 12.5. The summed E-state index contributed by atoms with van der Waals surface area (Å²) in [6, 6.07) is 0. The van der Waals surface area contributed by atoms with Crippen LogP contribution >= 0.6 is 0 Å². The van der Waals surface area contributed by atoms with E-state index in [1.54, 1.807) is 0 Å². The fraction of sp³-hybridized carbons (Fsp3) is 0.692. The van der Waals surface area contributed by atoms with E-state index in [9.17, 15) is 10.2 Å². The Balaban J connectivity index is 2.70. The highest BCUT2D eigenvalue weighted by Crippen LogP contribution is 2.48. The first-order valence-corrected chi connectivity index (χ1v) is 5.65. The molecule has 2 heteroatoms. The van der Waals surface area contributed by atoms with Crippen molar-refractivity contribution in [1.29, 1.82) is 0 Å². The maximum absolute atomic E-state index is 9.38. The van der Waals surface area contributed by atoms with Crippen molar-refractivity contribution in [1.82, 2.24) is 0 Å². The number of aliphatic hydroxyl groups is 2. The molecule has 0 amide bonds. The van der Waals surface area contributed by atoms with Crippen molar-refractivity contribution in [2.24, 2.45) is 17.3 Å². The molecule has 2 atom stereocenters. The lowest BCUT2D eigenvalue weighted by Gasteiger charge is -2.23. The minimum atomic E-state index is -0.263. The van der Waals surface area contributed by atoms with Gasteiger partial charge in [0.1, 0.15) is 0 Å². The van der Waals surface area contributed by atoms with Crippen LogP contribution in [0.5, 0.6) is 0 Å². The molecule has 0 bridgehead atoms. The summed E-state index contributed by atoms with van der Waals surface area (Å²) in [4.78, 5) is 0. The van der Waals surface area contributed by atoms with Gasteiger partial charge in [0.05, 0.1) is 13.2 Å². The Morgan fingerprint density at radius 1 is 1.00 bits per heavy atom. The van der Waals surface area contributed by atoms with Crippen molar-refractivity contribution < 1.29 is 10.2 Å². The Hall–Kier alpha value is -0.600. The molecule has 0 radical (unpaired) electrons. The maximum Gasteiger partial charge on any atom is 0.0509 e. The van der Waals surface area contributed by atoms with Crippen LogP contribution in [0.15, 0.2) is 25.3 Å². The minimum absolute atomic E-state index is 0.0881. The van der Waals surface area contributed by atoms with Gasteiger partial charge in [-0.05, 0) is 37.5 Å². The summed E-state index contributed by atoms with van der Waals surface area (Å²) >= 11 is 0. The topological polar surface area (TPSA) is 40.5 Å². The van der Waals surface area contributed by atoms with Gasteiger partial charge >= 0.3 is 0 Å². The molecule has 0 heterocycles. The van der Waals surface area contributed by atoms with Crippen LogP contribution in [0.25, 0.3) is 0 Å². The zero-order valence-electron chi connectivity index (χ0n) is 9.36. The Labute approximate surface area is 92.3 Å². The molecular weight excluding hydrogens is 188 g/mol. The average molecular weight is 210 g/mol. The Morgan fingerprint density at radius 3 is 1.67 bits per heavy atom. The minimum Gasteiger partial charge on any atom is -0.396 e. The van der Waals surface area contributed by atoms with E-state index in [-0.39, 0.29) is 18.6 Å². The van der Waals surface area contributed by atoms with Gasteiger partial charge in [0.25, 0.3) is 0 Å². The lowest BCUT2D eigenvalue weighted by Crippen LogP contribution is -2.26. The van der Waals surface area contributed by atoms with Gasteiger partial charge in [-0.1, -0.05) is 12.2 Å². The van der Waals surface area contributed by atoms with E-state index in [0.717, 1.165) is 25.7 Å². The van der Waals surface area contributed by atoms with Crippen molar-refractivity contribution in [3.63, 3.8) is 0 Å². The second-order valence-electron chi connectivity index (χ2n) is 4.79. The molecule has 2 N–H and O–H groups in total. The molecule has 0 saturated heterocycles. The number of hydrogen-bond acceptors (Lipinski definition) is 2. The van der Waals surface area contributed by atoms with E-state index in [4.69, 9.17) is 0 Å². The molecule has 0 aliphatic heterocycles. The number of rotatable bonds is 6. The molecule has 1 aliphatic rings. The zero-order chi connectivity index (χ0) is 11.3. The SMILES string of the molecule is C=CC[C@@H]1CC(CO)(CO)C[C@H]1CC=C. The van der Waals surface area contributed by atoms with Crippen LogP contribution in [0, 0.1) is 17.3 Å². The highest BCUT2D eigenvalue weighted by atomic mass is 16.3. The van der Waals surface area contributed by atoms with Gasteiger partial charge in [0, 0.05) is 5.41 Å². The molecule has 0 aromatic rings. The predicted octanol–water partition coefficient (Wildman–Crippen LogP) is 2.14. The summed E-state index contributed by atoms with van der Waals surface area (Å²) in [7, 11) is 0. The van der Waals surface area contributed by atoms with E-state index in [0.29, 0.717) is 11.8 Å². The van der Waals surface area contributed by atoms with Crippen LogP contribution in [-0.2, 0) is 0 Å².